The quantitative estimate of drug-likeness (QED) is 0.866. The maximum Gasteiger partial charge on any atom is 0.248 e. The zero-order chi connectivity index (χ0) is 14.1. The Morgan fingerprint density at radius 3 is 1.74 bits per heavy atom. The Labute approximate surface area is 112 Å². The zero-order valence-corrected chi connectivity index (χ0v) is 10.7. The number of carbonyl (C=O) groups excluding carboxylic acids is 2. The molecule has 0 aliphatic heterocycles. The highest BCUT2D eigenvalue weighted by molar-refractivity contribution is 5.92. The Morgan fingerprint density at radius 1 is 0.895 bits per heavy atom. The average molecular weight is 256 g/mol. The van der Waals surface area contributed by atoms with Crippen molar-refractivity contribution < 1.29 is 9.59 Å². The van der Waals surface area contributed by atoms with Gasteiger partial charge in [-0.15, -0.1) is 0 Å². The molecule has 2 rings (SSSR count). The number of primary amides is 1. The molecule has 98 valence electrons. The maximum absolute atomic E-state index is 10.5. The van der Waals surface area contributed by atoms with Crippen LogP contribution in [0.15, 0.2) is 60.7 Å². The lowest BCUT2D eigenvalue weighted by Gasteiger charge is -1.98. The third kappa shape index (κ3) is 6.02. The number of benzene rings is 2. The summed E-state index contributed by atoms with van der Waals surface area (Å²) in [6.07, 6.45) is 0. The van der Waals surface area contributed by atoms with Crippen LogP contribution in [-0.2, 0) is 4.79 Å². The predicted octanol–water partition coefficient (Wildman–Crippen LogP) is 2.43. The fourth-order valence-corrected chi connectivity index (χ4v) is 1.33. The molecule has 0 saturated heterocycles. The molecule has 4 heteroatoms. The number of para-hydroxylation sites is 1. The van der Waals surface area contributed by atoms with E-state index in [1.807, 2.05) is 36.4 Å². The zero-order valence-electron chi connectivity index (χ0n) is 10.7. The number of amides is 2. The molecule has 0 saturated carbocycles. The number of nitrogens with one attached hydrogen (secondary N) is 1. The lowest BCUT2D eigenvalue weighted by Crippen LogP contribution is -2.09. The van der Waals surface area contributed by atoms with Crippen LogP contribution in [0.4, 0.5) is 5.69 Å². The molecular weight excluding hydrogens is 240 g/mol. The molecule has 0 aliphatic carbocycles. The minimum atomic E-state index is -0.379. The van der Waals surface area contributed by atoms with Crippen LogP contribution >= 0.6 is 0 Å². The van der Waals surface area contributed by atoms with Gasteiger partial charge in [0.25, 0.3) is 0 Å². The summed E-state index contributed by atoms with van der Waals surface area (Å²) < 4.78 is 0. The number of hydrogen-bond acceptors (Lipinski definition) is 2. The molecule has 0 unspecified atom stereocenters. The van der Waals surface area contributed by atoms with Crippen LogP contribution in [0.2, 0.25) is 0 Å². The van der Waals surface area contributed by atoms with E-state index in [4.69, 9.17) is 5.73 Å². The molecule has 0 spiro atoms. The van der Waals surface area contributed by atoms with E-state index in [2.05, 4.69) is 5.32 Å². The van der Waals surface area contributed by atoms with Gasteiger partial charge in [-0.25, -0.2) is 0 Å². The largest absolute Gasteiger partial charge is 0.366 e. The van der Waals surface area contributed by atoms with Crippen molar-refractivity contribution in [3.05, 3.63) is 66.2 Å². The number of anilines is 1. The molecule has 19 heavy (non-hydrogen) atoms. The Kier molecular flexibility index (Phi) is 5.82. The van der Waals surface area contributed by atoms with Crippen molar-refractivity contribution in [2.24, 2.45) is 5.73 Å². The number of carbonyl (C=O) groups is 2. The topological polar surface area (TPSA) is 72.2 Å². The second-order valence-corrected chi connectivity index (χ2v) is 3.78. The van der Waals surface area contributed by atoms with Crippen LogP contribution < -0.4 is 11.1 Å². The third-order valence-corrected chi connectivity index (χ3v) is 2.15. The fraction of sp³-hybridized carbons (Fsp3) is 0.0667. The second-order valence-electron chi connectivity index (χ2n) is 3.78. The van der Waals surface area contributed by atoms with Gasteiger partial charge in [0.2, 0.25) is 11.8 Å². The third-order valence-electron chi connectivity index (χ3n) is 2.15. The number of rotatable bonds is 2. The minimum absolute atomic E-state index is 0.0359. The van der Waals surface area contributed by atoms with Gasteiger partial charge in [0, 0.05) is 18.2 Å². The van der Waals surface area contributed by atoms with E-state index in [9.17, 15) is 9.59 Å². The molecule has 0 radical (unpaired) electrons. The summed E-state index contributed by atoms with van der Waals surface area (Å²) in [6, 6.07) is 18.1. The van der Waals surface area contributed by atoms with Crippen LogP contribution in [0, 0.1) is 0 Å². The fourth-order valence-electron chi connectivity index (χ4n) is 1.33. The molecule has 2 aromatic carbocycles. The second kappa shape index (κ2) is 7.66. The summed E-state index contributed by atoms with van der Waals surface area (Å²) >= 11 is 0. The summed E-state index contributed by atoms with van der Waals surface area (Å²) in [5.74, 6) is -0.415. The van der Waals surface area contributed by atoms with Crippen LogP contribution in [0.3, 0.4) is 0 Å². The average Bonchev–Trinajstić information content (AvgIpc) is 2.41. The summed E-state index contributed by atoms with van der Waals surface area (Å²) in [5.41, 5.74) is 6.37. The Balaban J connectivity index is 0.000000191. The van der Waals surface area contributed by atoms with Crippen molar-refractivity contribution in [1.29, 1.82) is 0 Å². The standard InChI is InChI=1S/C8H9NO.C7H7NO/c1-7(10)9-8-5-3-2-4-6-8;8-7(9)6-4-2-1-3-5-6/h2-6H,1H3,(H,9,10);1-5H,(H2,8,9). The predicted molar refractivity (Wildman–Crippen MR) is 75.7 cm³/mol. The van der Waals surface area contributed by atoms with Gasteiger partial charge < -0.3 is 11.1 Å². The van der Waals surface area contributed by atoms with Gasteiger partial charge in [-0.3, -0.25) is 9.59 Å². The van der Waals surface area contributed by atoms with Gasteiger partial charge in [0.05, 0.1) is 0 Å². The molecule has 4 nitrogen and oxygen atoms in total. The van der Waals surface area contributed by atoms with Gasteiger partial charge in [-0.05, 0) is 24.3 Å². The SMILES string of the molecule is CC(=O)Nc1ccccc1.NC(=O)c1ccccc1. The van der Waals surface area contributed by atoms with Crippen molar-refractivity contribution in [1.82, 2.24) is 0 Å². The summed E-state index contributed by atoms with van der Waals surface area (Å²) in [4.78, 5) is 20.9. The van der Waals surface area contributed by atoms with E-state index in [0.717, 1.165) is 5.69 Å². The smallest absolute Gasteiger partial charge is 0.248 e. The highest BCUT2D eigenvalue weighted by Gasteiger charge is 1.93. The first kappa shape index (κ1) is 14.4. The van der Waals surface area contributed by atoms with Crippen LogP contribution in [-0.4, -0.2) is 11.8 Å². The van der Waals surface area contributed by atoms with Gasteiger partial charge in [0.15, 0.2) is 0 Å². The molecule has 0 bridgehead atoms. The van der Waals surface area contributed by atoms with E-state index in [1.54, 1.807) is 24.3 Å². The van der Waals surface area contributed by atoms with Crippen LogP contribution in [0.25, 0.3) is 0 Å². The molecule has 0 fully saturated rings. The van der Waals surface area contributed by atoms with E-state index >= 15 is 0 Å². The van der Waals surface area contributed by atoms with E-state index in [1.165, 1.54) is 6.92 Å². The number of nitrogens with two attached hydrogens (primary N) is 1. The maximum atomic E-state index is 10.5. The molecule has 2 amide bonds. The van der Waals surface area contributed by atoms with Crippen molar-refractivity contribution in [2.45, 2.75) is 6.92 Å². The number of hydrogen-bond donors (Lipinski definition) is 2. The summed E-state index contributed by atoms with van der Waals surface area (Å²) in [5, 5.41) is 2.67. The molecule has 0 heterocycles. The van der Waals surface area contributed by atoms with Gasteiger partial charge in [-0.1, -0.05) is 36.4 Å². The van der Waals surface area contributed by atoms with Crippen molar-refractivity contribution in [3.8, 4) is 0 Å². The van der Waals surface area contributed by atoms with Crippen molar-refractivity contribution in [2.75, 3.05) is 5.32 Å². The highest BCUT2D eigenvalue weighted by atomic mass is 16.1. The monoisotopic (exact) mass is 256 g/mol. The van der Waals surface area contributed by atoms with Crippen molar-refractivity contribution >= 4 is 17.5 Å². The lowest BCUT2D eigenvalue weighted by molar-refractivity contribution is -0.114. The van der Waals surface area contributed by atoms with Crippen LogP contribution in [0.1, 0.15) is 17.3 Å². The van der Waals surface area contributed by atoms with Gasteiger partial charge in [-0.2, -0.15) is 0 Å². The highest BCUT2D eigenvalue weighted by Crippen LogP contribution is 2.03. The van der Waals surface area contributed by atoms with Crippen LogP contribution in [0.5, 0.6) is 0 Å². The van der Waals surface area contributed by atoms with Gasteiger partial charge >= 0.3 is 0 Å². The first-order valence-corrected chi connectivity index (χ1v) is 5.77. The van der Waals surface area contributed by atoms with E-state index in [-0.39, 0.29) is 11.8 Å². The summed E-state index contributed by atoms with van der Waals surface area (Å²) in [7, 11) is 0. The normalized spacial score (nSPS) is 8.89. The Morgan fingerprint density at radius 2 is 1.37 bits per heavy atom. The first-order valence-electron chi connectivity index (χ1n) is 5.77. The lowest BCUT2D eigenvalue weighted by atomic mass is 10.2. The molecule has 3 N–H and O–H groups in total. The molecule has 2 aromatic rings. The van der Waals surface area contributed by atoms with E-state index in [0.29, 0.717) is 5.56 Å². The molecule has 0 atom stereocenters. The molecule has 0 aromatic heterocycles. The molecule has 0 aliphatic rings. The van der Waals surface area contributed by atoms with E-state index < -0.39 is 0 Å². The Hall–Kier alpha value is -2.62. The Bertz CT molecular complexity index is 524. The molecular formula is C15H16N2O2. The minimum Gasteiger partial charge on any atom is -0.366 e. The summed E-state index contributed by atoms with van der Waals surface area (Å²) in [6.45, 7) is 1.49. The first-order chi connectivity index (χ1) is 9.09. The van der Waals surface area contributed by atoms with Gasteiger partial charge in [0.1, 0.15) is 0 Å². The van der Waals surface area contributed by atoms with Crippen molar-refractivity contribution in [3.63, 3.8) is 0 Å².